The highest BCUT2D eigenvalue weighted by molar-refractivity contribution is 5.07. The van der Waals surface area contributed by atoms with Crippen molar-refractivity contribution in [3.63, 3.8) is 0 Å². The minimum Gasteiger partial charge on any atom is -0.313 e. The van der Waals surface area contributed by atoms with E-state index in [1.54, 1.807) is 0 Å². The van der Waals surface area contributed by atoms with Crippen LogP contribution in [0.2, 0.25) is 0 Å². The zero-order valence-electron chi connectivity index (χ0n) is 8.61. The van der Waals surface area contributed by atoms with Gasteiger partial charge in [-0.3, -0.25) is 0 Å². The predicted molar refractivity (Wildman–Crippen MR) is 52.1 cm³/mol. The monoisotopic (exact) mass is 167 g/mol. The Balaban J connectivity index is 1.89. The quantitative estimate of drug-likeness (QED) is 0.633. The van der Waals surface area contributed by atoms with Crippen LogP contribution in [0.3, 0.4) is 0 Å². The molecule has 1 heterocycles. The molecule has 1 nitrogen and oxygen atoms in total. The second kappa shape index (κ2) is 2.47. The molecular weight excluding hydrogens is 146 g/mol. The molecule has 1 N–H and O–H groups in total. The van der Waals surface area contributed by atoms with Crippen LogP contribution in [-0.4, -0.2) is 12.6 Å². The maximum Gasteiger partial charge on any atom is 0.0141 e. The molecule has 1 unspecified atom stereocenters. The molecule has 1 aliphatic carbocycles. The van der Waals surface area contributed by atoms with E-state index in [0.717, 1.165) is 11.5 Å². The number of hydrogen-bond acceptors (Lipinski definition) is 1. The van der Waals surface area contributed by atoms with Crippen LogP contribution in [0, 0.1) is 10.8 Å². The van der Waals surface area contributed by atoms with Crippen molar-refractivity contribution in [3.8, 4) is 0 Å². The van der Waals surface area contributed by atoms with Gasteiger partial charge in [-0.1, -0.05) is 27.2 Å². The third-order valence-corrected chi connectivity index (χ3v) is 3.61. The van der Waals surface area contributed by atoms with Gasteiger partial charge in [0.25, 0.3) is 0 Å². The molecule has 70 valence electrons. The van der Waals surface area contributed by atoms with E-state index < -0.39 is 0 Å². The molecule has 1 aliphatic heterocycles. The van der Waals surface area contributed by atoms with Crippen LogP contribution in [0.5, 0.6) is 0 Å². The lowest BCUT2D eigenvalue weighted by atomic mass is 9.57. The molecule has 0 bridgehead atoms. The molecule has 0 aromatic heterocycles. The number of rotatable bonds is 1. The van der Waals surface area contributed by atoms with Crippen molar-refractivity contribution in [2.75, 3.05) is 6.54 Å². The normalized spacial score (nSPS) is 32.8. The number of hydrogen-bond donors (Lipinski definition) is 1. The van der Waals surface area contributed by atoms with E-state index in [0.29, 0.717) is 5.41 Å². The van der Waals surface area contributed by atoms with Crippen LogP contribution in [0.15, 0.2) is 0 Å². The first-order chi connectivity index (χ1) is 5.52. The summed E-state index contributed by atoms with van der Waals surface area (Å²) in [6.07, 6.45) is 5.80. The Morgan fingerprint density at radius 1 is 1.33 bits per heavy atom. The highest BCUT2D eigenvalue weighted by Crippen LogP contribution is 2.50. The Morgan fingerprint density at radius 2 is 2.00 bits per heavy atom. The predicted octanol–water partition coefficient (Wildman–Crippen LogP) is 2.56. The Hall–Kier alpha value is -0.0400. The average molecular weight is 167 g/mol. The van der Waals surface area contributed by atoms with Crippen LogP contribution in [0.4, 0.5) is 0 Å². The lowest BCUT2D eigenvalue weighted by molar-refractivity contribution is -0.0226. The fourth-order valence-electron chi connectivity index (χ4n) is 2.59. The Morgan fingerprint density at radius 3 is 2.25 bits per heavy atom. The maximum absolute atomic E-state index is 3.59. The lowest BCUT2D eigenvalue weighted by Gasteiger charge is -2.58. The Labute approximate surface area is 75.9 Å². The topological polar surface area (TPSA) is 12.0 Å². The van der Waals surface area contributed by atoms with Crippen LogP contribution in [0.25, 0.3) is 0 Å². The van der Waals surface area contributed by atoms with Gasteiger partial charge in [0.2, 0.25) is 0 Å². The summed E-state index contributed by atoms with van der Waals surface area (Å²) in [5.41, 5.74) is 1.26. The van der Waals surface area contributed by atoms with Crippen molar-refractivity contribution in [2.45, 2.75) is 52.5 Å². The van der Waals surface area contributed by atoms with E-state index >= 15 is 0 Å². The maximum atomic E-state index is 3.59. The van der Waals surface area contributed by atoms with E-state index in [9.17, 15) is 0 Å². The first kappa shape index (κ1) is 8.55. The van der Waals surface area contributed by atoms with Crippen LogP contribution < -0.4 is 5.32 Å². The first-order valence-electron chi connectivity index (χ1n) is 5.25. The van der Waals surface area contributed by atoms with Gasteiger partial charge in [0.1, 0.15) is 0 Å². The summed E-state index contributed by atoms with van der Waals surface area (Å²) >= 11 is 0. The van der Waals surface area contributed by atoms with Crippen molar-refractivity contribution in [3.05, 3.63) is 0 Å². The van der Waals surface area contributed by atoms with E-state index in [4.69, 9.17) is 0 Å². The standard InChI is InChI=1S/C11H21N/c1-10(2,3)7-9-11(8-12-9)5-4-6-11/h9,12H,4-8H2,1-3H3. The molecule has 0 aromatic rings. The van der Waals surface area contributed by atoms with Crippen molar-refractivity contribution < 1.29 is 0 Å². The van der Waals surface area contributed by atoms with Gasteiger partial charge in [0.15, 0.2) is 0 Å². The summed E-state index contributed by atoms with van der Waals surface area (Å²) in [6.45, 7) is 8.34. The molecule has 0 amide bonds. The molecule has 0 radical (unpaired) electrons. The molecule has 12 heavy (non-hydrogen) atoms. The van der Waals surface area contributed by atoms with Crippen LogP contribution >= 0.6 is 0 Å². The van der Waals surface area contributed by atoms with Crippen LogP contribution in [-0.2, 0) is 0 Å². The molecule has 2 aliphatic rings. The highest BCUT2D eigenvalue weighted by Gasteiger charge is 2.50. The largest absolute Gasteiger partial charge is 0.313 e. The third kappa shape index (κ3) is 1.28. The molecule has 1 saturated carbocycles. The van der Waals surface area contributed by atoms with Crippen molar-refractivity contribution in [2.24, 2.45) is 10.8 Å². The van der Waals surface area contributed by atoms with Gasteiger partial charge < -0.3 is 5.32 Å². The zero-order chi connectivity index (χ0) is 8.82. The minimum atomic E-state index is 0.501. The first-order valence-corrected chi connectivity index (χ1v) is 5.25. The van der Waals surface area contributed by atoms with Gasteiger partial charge in [-0.15, -0.1) is 0 Å². The molecule has 1 heteroatoms. The summed E-state index contributed by atoms with van der Waals surface area (Å²) < 4.78 is 0. The van der Waals surface area contributed by atoms with Gasteiger partial charge in [-0.2, -0.15) is 0 Å². The summed E-state index contributed by atoms with van der Waals surface area (Å²) in [5, 5.41) is 3.59. The minimum absolute atomic E-state index is 0.501. The van der Waals surface area contributed by atoms with Crippen molar-refractivity contribution >= 4 is 0 Å². The SMILES string of the molecule is CC(C)(C)CC1NCC12CCC2. The van der Waals surface area contributed by atoms with E-state index in [-0.39, 0.29) is 0 Å². The van der Waals surface area contributed by atoms with Gasteiger partial charge in [-0.05, 0) is 30.1 Å². The highest BCUT2D eigenvalue weighted by atomic mass is 15.1. The third-order valence-electron chi connectivity index (χ3n) is 3.61. The summed E-state index contributed by atoms with van der Waals surface area (Å²) in [6, 6.07) is 0.839. The van der Waals surface area contributed by atoms with Crippen molar-refractivity contribution in [1.29, 1.82) is 0 Å². The fraction of sp³-hybridized carbons (Fsp3) is 1.00. The summed E-state index contributed by atoms with van der Waals surface area (Å²) in [4.78, 5) is 0. The fourth-order valence-corrected chi connectivity index (χ4v) is 2.59. The van der Waals surface area contributed by atoms with Gasteiger partial charge in [0.05, 0.1) is 0 Å². The molecule has 1 spiro atoms. The lowest BCUT2D eigenvalue weighted by Crippen LogP contribution is -2.66. The van der Waals surface area contributed by atoms with Gasteiger partial charge >= 0.3 is 0 Å². The molecule has 1 atom stereocenters. The smallest absolute Gasteiger partial charge is 0.0141 e. The van der Waals surface area contributed by atoms with E-state index in [2.05, 4.69) is 26.1 Å². The molecular formula is C11H21N. The second-order valence-corrected chi connectivity index (χ2v) is 5.91. The van der Waals surface area contributed by atoms with Crippen molar-refractivity contribution in [1.82, 2.24) is 5.32 Å². The summed E-state index contributed by atoms with van der Waals surface area (Å²) in [7, 11) is 0. The summed E-state index contributed by atoms with van der Waals surface area (Å²) in [5.74, 6) is 0. The molecule has 1 saturated heterocycles. The van der Waals surface area contributed by atoms with E-state index in [1.165, 1.54) is 32.2 Å². The number of nitrogens with one attached hydrogen (secondary N) is 1. The Kier molecular flexibility index (Phi) is 1.76. The molecule has 2 rings (SSSR count). The Bertz CT molecular complexity index is 168. The van der Waals surface area contributed by atoms with E-state index in [1.807, 2.05) is 0 Å². The zero-order valence-corrected chi connectivity index (χ0v) is 8.61. The van der Waals surface area contributed by atoms with Gasteiger partial charge in [0, 0.05) is 12.6 Å². The van der Waals surface area contributed by atoms with Gasteiger partial charge in [-0.25, -0.2) is 0 Å². The molecule has 0 aromatic carbocycles. The second-order valence-electron chi connectivity index (χ2n) is 5.91. The molecule has 2 fully saturated rings. The average Bonchev–Trinajstić information content (AvgIpc) is 1.75. The van der Waals surface area contributed by atoms with Crippen LogP contribution in [0.1, 0.15) is 46.5 Å².